The van der Waals surface area contributed by atoms with E-state index < -0.39 is 15.9 Å². The molecule has 0 fully saturated rings. The standard InChI is InChI=1S/C21H22N2O6S/c24-21(16-27-12-13-29-18-7-2-1-3-8-18)23-17-6-4-10-20(14-17)30(25,26)22-15-19-9-5-11-28-19/h1-11,14,22H,12-13,15-16H2,(H,23,24). The van der Waals surface area contributed by atoms with Crippen LogP contribution in [0.2, 0.25) is 0 Å². The van der Waals surface area contributed by atoms with Crippen molar-refractivity contribution in [1.29, 1.82) is 0 Å². The van der Waals surface area contributed by atoms with E-state index in [9.17, 15) is 13.2 Å². The van der Waals surface area contributed by atoms with Crippen molar-refractivity contribution in [3.05, 3.63) is 78.8 Å². The molecule has 0 aliphatic heterocycles. The molecule has 3 rings (SSSR count). The Morgan fingerprint density at radius 2 is 1.80 bits per heavy atom. The number of nitrogens with one attached hydrogen (secondary N) is 2. The number of anilines is 1. The van der Waals surface area contributed by atoms with Crippen LogP contribution in [0, 0.1) is 0 Å². The lowest BCUT2D eigenvalue weighted by molar-refractivity contribution is -0.120. The fourth-order valence-corrected chi connectivity index (χ4v) is 3.54. The van der Waals surface area contributed by atoms with E-state index in [1.54, 1.807) is 24.3 Å². The lowest BCUT2D eigenvalue weighted by Crippen LogP contribution is -2.23. The molecule has 9 heteroatoms. The van der Waals surface area contributed by atoms with Crippen LogP contribution in [-0.2, 0) is 26.1 Å². The van der Waals surface area contributed by atoms with Crippen LogP contribution in [-0.4, -0.2) is 34.1 Å². The summed E-state index contributed by atoms with van der Waals surface area (Å²) in [5, 5.41) is 2.62. The molecule has 2 aromatic carbocycles. The van der Waals surface area contributed by atoms with E-state index in [1.807, 2.05) is 30.3 Å². The van der Waals surface area contributed by atoms with Crippen molar-refractivity contribution in [2.24, 2.45) is 0 Å². The minimum absolute atomic E-state index is 0.0315. The second-order valence-electron chi connectivity index (χ2n) is 6.19. The fraction of sp³-hybridized carbons (Fsp3) is 0.190. The van der Waals surface area contributed by atoms with E-state index >= 15 is 0 Å². The summed E-state index contributed by atoms with van der Waals surface area (Å²) in [7, 11) is -3.75. The Balaban J connectivity index is 1.44. The molecule has 30 heavy (non-hydrogen) atoms. The molecule has 8 nitrogen and oxygen atoms in total. The quantitative estimate of drug-likeness (QED) is 0.453. The van der Waals surface area contributed by atoms with E-state index in [1.165, 1.54) is 18.4 Å². The Labute approximate surface area is 174 Å². The summed E-state index contributed by atoms with van der Waals surface area (Å²) >= 11 is 0. The number of sulfonamides is 1. The Kier molecular flexibility index (Phi) is 7.61. The molecule has 0 saturated carbocycles. The molecule has 1 amide bonds. The minimum Gasteiger partial charge on any atom is -0.491 e. The van der Waals surface area contributed by atoms with Gasteiger partial charge in [0.25, 0.3) is 0 Å². The summed E-state index contributed by atoms with van der Waals surface area (Å²) in [5.74, 6) is 0.827. The molecule has 0 spiro atoms. The third-order valence-electron chi connectivity index (χ3n) is 3.92. The van der Waals surface area contributed by atoms with Gasteiger partial charge in [0.05, 0.1) is 24.3 Å². The molecule has 0 radical (unpaired) electrons. The molecule has 0 aliphatic rings. The molecule has 0 bridgehead atoms. The highest BCUT2D eigenvalue weighted by molar-refractivity contribution is 7.89. The predicted molar refractivity (Wildman–Crippen MR) is 111 cm³/mol. The summed E-state index contributed by atoms with van der Waals surface area (Å²) in [4.78, 5) is 12.1. The highest BCUT2D eigenvalue weighted by Gasteiger charge is 2.15. The summed E-state index contributed by atoms with van der Waals surface area (Å²) in [5.41, 5.74) is 0.352. The van der Waals surface area contributed by atoms with Crippen molar-refractivity contribution < 1.29 is 27.1 Å². The number of amides is 1. The van der Waals surface area contributed by atoms with E-state index in [4.69, 9.17) is 13.9 Å². The molecule has 1 heterocycles. The maximum absolute atomic E-state index is 12.4. The number of furan rings is 1. The zero-order chi connectivity index (χ0) is 21.2. The number of hydrogen-bond donors (Lipinski definition) is 2. The number of ether oxygens (including phenoxy) is 2. The van der Waals surface area contributed by atoms with E-state index in [2.05, 4.69) is 10.0 Å². The molecule has 158 valence electrons. The smallest absolute Gasteiger partial charge is 0.250 e. The van der Waals surface area contributed by atoms with Crippen LogP contribution in [0.25, 0.3) is 0 Å². The lowest BCUT2D eigenvalue weighted by atomic mass is 10.3. The first-order chi connectivity index (χ1) is 14.5. The molecule has 0 saturated heterocycles. The van der Waals surface area contributed by atoms with Crippen LogP contribution in [0.15, 0.2) is 82.3 Å². The molecule has 3 aromatic rings. The number of carbonyl (C=O) groups excluding carboxylic acids is 1. The van der Waals surface area contributed by atoms with Crippen LogP contribution in [0.5, 0.6) is 5.75 Å². The van der Waals surface area contributed by atoms with Gasteiger partial charge in [0.2, 0.25) is 15.9 Å². The largest absolute Gasteiger partial charge is 0.491 e. The van der Waals surface area contributed by atoms with Crippen molar-refractivity contribution in [2.75, 3.05) is 25.1 Å². The van der Waals surface area contributed by atoms with Gasteiger partial charge in [-0.05, 0) is 42.5 Å². The lowest BCUT2D eigenvalue weighted by Gasteiger charge is -2.10. The van der Waals surface area contributed by atoms with Gasteiger partial charge < -0.3 is 19.2 Å². The molecular formula is C21H22N2O6S. The average Bonchev–Trinajstić information content (AvgIpc) is 3.27. The predicted octanol–water partition coefficient (Wildman–Crippen LogP) is 2.79. The van der Waals surface area contributed by atoms with Crippen molar-refractivity contribution >= 4 is 21.6 Å². The molecule has 0 atom stereocenters. The van der Waals surface area contributed by atoms with Gasteiger partial charge in [-0.2, -0.15) is 0 Å². The highest BCUT2D eigenvalue weighted by atomic mass is 32.2. The number of rotatable bonds is 11. The first kappa shape index (κ1) is 21.6. The fourth-order valence-electron chi connectivity index (χ4n) is 2.50. The zero-order valence-electron chi connectivity index (χ0n) is 16.1. The van der Waals surface area contributed by atoms with Crippen LogP contribution in [0.4, 0.5) is 5.69 Å². The molecule has 0 unspecified atom stereocenters. The van der Waals surface area contributed by atoms with Crippen molar-refractivity contribution in [1.82, 2.24) is 4.72 Å². The minimum atomic E-state index is -3.75. The van der Waals surface area contributed by atoms with Crippen LogP contribution >= 0.6 is 0 Å². The SMILES string of the molecule is O=C(COCCOc1ccccc1)Nc1cccc(S(=O)(=O)NCc2ccco2)c1. The van der Waals surface area contributed by atoms with Gasteiger partial charge in [-0.15, -0.1) is 0 Å². The maximum atomic E-state index is 12.4. The van der Waals surface area contributed by atoms with Gasteiger partial charge in [0.15, 0.2) is 0 Å². The monoisotopic (exact) mass is 430 g/mol. The molecule has 0 aliphatic carbocycles. The first-order valence-electron chi connectivity index (χ1n) is 9.20. The number of para-hydroxylation sites is 1. The summed E-state index contributed by atoms with van der Waals surface area (Å²) < 4.78 is 43.2. The Bertz CT molecular complexity index is 1040. The second kappa shape index (κ2) is 10.6. The van der Waals surface area contributed by atoms with Gasteiger partial charge in [-0.1, -0.05) is 24.3 Å². The van der Waals surface area contributed by atoms with Gasteiger partial charge in [0.1, 0.15) is 24.7 Å². The Morgan fingerprint density at radius 3 is 2.57 bits per heavy atom. The topological polar surface area (TPSA) is 107 Å². The maximum Gasteiger partial charge on any atom is 0.250 e. The third kappa shape index (κ3) is 6.73. The van der Waals surface area contributed by atoms with Gasteiger partial charge >= 0.3 is 0 Å². The summed E-state index contributed by atoms with van der Waals surface area (Å²) in [6, 6.07) is 18.6. The molecular weight excluding hydrogens is 408 g/mol. The molecule has 1 aromatic heterocycles. The van der Waals surface area contributed by atoms with Gasteiger partial charge in [-0.25, -0.2) is 13.1 Å². The van der Waals surface area contributed by atoms with E-state index in [0.29, 0.717) is 18.1 Å². The number of benzene rings is 2. The van der Waals surface area contributed by atoms with Crippen molar-refractivity contribution in [3.8, 4) is 5.75 Å². The van der Waals surface area contributed by atoms with Crippen LogP contribution < -0.4 is 14.8 Å². The first-order valence-corrected chi connectivity index (χ1v) is 10.7. The highest BCUT2D eigenvalue weighted by Crippen LogP contribution is 2.16. The summed E-state index contributed by atoms with van der Waals surface area (Å²) in [6.07, 6.45) is 1.47. The van der Waals surface area contributed by atoms with Crippen LogP contribution in [0.1, 0.15) is 5.76 Å². The second-order valence-corrected chi connectivity index (χ2v) is 7.96. The Hall–Kier alpha value is -3.14. The summed E-state index contributed by atoms with van der Waals surface area (Å²) in [6.45, 7) is 0.413. The number of hydrogen-bond acceptors (Lipinski definition) is 6. The molecule has 2 N–H and O–H groups in total. The normalized spacial score (nSPS) is 11.2. The van der Waals surface area contributed by atoms with E-state index in [-0.39, 0.29) is 24.7 Å². The number of carbonyl (C=O) groups is 1. The average molecular weight is 430 g/mol. The Morgan fingerprint density at radius 1 is 0.967 bits per heavy atom. The van der Waals surface area contributed by atoms with Crippen molar-refractivity contribution in [2.45, 2.75) is 11.4 Å². The van der Waals surface area contributed by atoms with Gasteiger partial charge in [-0.3, -0.25) is 4.79 Å². The van der Waals surface area contributed by atoms with E-state index in [0.717, 1.165) is 5.75 Å². The van der Waals surface area contributed by atoms with Crippen LogP contribution in [0.3, 0.4) is 0 Å². The van der Waals surface area contributed by atoms with Gasteiger partial charge in [0, 0.05) is 5.69 Å². The third-order valence-corrected chi connectivity index (χ3v) is 5.32. The van der Waals surface area contributed by atoms with Crippen molar-refractivity contribution in [3.63, 3.8) is 0 Å². The zero-order valence-corrected chi connectivity index (χ0v) is 16.9.